The van der Waals surface area contributed by atoms with Crippen LogP contribution in [0.1, 0.15) is 46.0 Å². The van der Waals surface area contributed by atoms with Crippen LogP contribution in [0.15, 0.2) is 48.5 Å². The number of unbranched alkanes of at least 4 members (excludes halogenated alkanes) is 1. The number of halogens is 1. The van der Waals surface area contributed by atoms with Crippen LogP contribution in [0.3, 0.4) is 0 Å². The van der Waals surface area contributed by atoms with Crippen molar-refractivity contribution in [3.05, 3.63) is 70.2 Å². The summed E-state index contributed by atoms with van der Waals surface area (Å²) in [5.41, 5.74) is 2.26. The fourth-order valence-corrected chi connectivity index (χ4v) is 2.68. The molecule has 2 amide bonds. The van der Waals surface area contributed by atoms with Crippen molar-refractivity contribution in [1.29, 1.82) is 0 Å². The number of benzene rings is 2. The molecule has 0 aliphatic carbocycles. The third-order valence-corrected chi connectivity index (χ3v) is 4.45. The van der Waals surface area contributed by atoms with Crippen molar-refractivity contribution in [1.82, 2.24) is 10.2 Å². The molecule has 0 radical (unpaired) electrons. The van der Waals surface area contributed by atoms with Gasteiger partial charge in [0.15, 0.2) is 0 Å². The van der Waals surface area contributed by atoms with E-state index in [0.717, 1.165) is 31.4 Å². The van der Waals surface area contributed by atoms with Crippen LogP contribution in [0.5, 0.6) is 0 Å². The molecule has 1 N–H and O–H groups in total. The zero-order chi connectivity index (χ0) is 18.9. The summed E-state index contributed by atoms with van der Waals surface area (Å²) in [5.74, 6) is -0.162. The Morgan fingerprint density at radius 3 is 2.23 bits per heavy atom. The number of nitrogens with one attached hydrogen (secondary N) is 1. The lowest BCUT2D eigenvalue weighted by Crippen LogP contribution is -2.28. The van der Waals surface area contributed by atoms with E-state index in [9.17, 15) is 9.59 Å². The molecule has 0 atom stereocenters. The molecule has 138 valence electrons. The molecule has 0 aliphatic heterocycles. The molecule has 0 saturated carbocycles. The van der Waals surface area contributed by atoms with Crippen molar-refractivity contribution in [2.45, 2.75) is 26.2 Å². The second-order valence-electron chi connectivity index (χ2n) is 6.29. The van der Waals surface area contributed by atoms with E-state index < -0.39 is 0 Å². The number of rotatable bonds is 8. The van der Waals surface area contributed by atoms with Gasteiger partial charge in [0.05, 0.1) is 0 Å². The first-order valence-electron chi connectivity index (χ1n) is 8.89. The fourth-order valence-electron chi connectivity index (χ4n) is 2.55. The normalized spacial score (nSPS) is 10.4. The van der Waals surface area contributed by atoms with Crippen molar-refractivity contribution >= 4 is 23.4 Å². The Hall–Kier alpha value is -2.33. The molecule has 2 aromatic carbocycles. The van der Waals surface area contributed by atoms with Gasteiger partial charge in [0, 0.05) is 36.3 Å². The number of hydrogen-bond acceptors (Lipinski definition) is 2. The maximum absolute atomic E-state index is 12.3. The lowest BCUT2D eigenvalue weighted by Gasteiger charge is -2.16. The van der Waals surface area contributed by atoms with Gasteiger partial charge in [-0.05, 0) is 54.8 Å². The molecule has 0 aliphatic rings. The average Bonchev–Trinajstić information content (AvgIpc) is 2.67. The molecule has 4 nitrogen and oxygen atoms in total. The smallest absolute Gasteiger partial charge is 0.253 e. The molecule has 0 saturated heterocycles. The van der Waals surface area contributed by atoms with Gasteiger partial charge < -0.3 is 10.2 Å². The molecule has 26 heavy (non-hydrogen) atoms. The largest absolute Gasteiger partial charge is 0.352 e. The minimum atomic E-state index is -0.141. The Balaban J connectivity index is 1.85. The van der Waals surface area contributed by atoms with Gasteiger partial charge >= 0.3 is 0 Å². The van der Waals surface area contributed by atoms with Crippen LogP contribution < -0.4 is 5.32 Å². The Labute approximate surface area is 160 Å². The van der Waals surface area contributed by atoms with Crippen molar-refractivity contribution in [2.75, 3.05) is 20.1 Å². The molecule has 0 spiro atoms. The van der Waals surface area contributed by atoms with Crippen LogP contribution in [-0.2, 0) is 6.42 Å². The number of nitrogens with zero attached hydrogens (tertiary/aromatic N) is 1. The zero-order valence-electron chi connectivity index (χ0n) is 15.3. The molecular formula is C21H25ClN2O2. The maximum atomic E-state index is 12.3. The van der Waals surface area contributed by atoms with E-state index in [-0.39, 0.29) is 11.8 Å². The molecule has 0 heterocycles. The molecule has 0 fully saturated rings. The molecule has 2 rings (SSSR count). The highest BCUT2D eigenvalue weighted by Crippen LogP contribution is 2.10. The summed E-state index contributed by atoms with van der Waals surface area (Å²) in [4.78, 5) is 26.2. The topological polar surface area (TPSA) is 49.4 Å². The van der Waals surface area contributed by atoms with E-state index in [2.05, 4.69) is 12.2 Å². The zero-order valence-corrected chi connectivity index (χ0v) is 16.1. The van der Waals surface area contributed by atoms with Gasteiger partial charge in [-0.15, -0.1) is 0 Å². The molecule has 0 bridgehead atoms. The van der Waals surface area contributed by atoms with Crippen LogP contribution in [0.25, 0.3) is 0 Å². The second kappa shape index (κ2) is 9.97. The summed E-state index contributed by atoms with van der Waals surface area (Å²) in [6.45, 7) is 3.38. The predicted octanol–water partition coefficient (Wildman–Crippen LogP) is 4.18. The first-order valence-corrected chi connectivity index (χ1v) is 9.27. The fraction of sp³-hybridized carbons (Fsp3) is 0.333. The van der Waals surface area contributed by atoms with Gasteiger partial charge in [-0.1, -0.05) is 37.1 Å². The molecule has 0 aromatic heterocycles. The SMILES string of the molecule is CCCCN(C)C(=O)c1ccc(C(=O)NCCc2ccc(Cl)cc2)cc1. The summed E-state index contributed by atoms with van der Waals surface area (Å²) < 4.78 is 0. The van der Waals surface area contributed by atoms with E-state index >= 15 is 0 Å². The third-order valence-electron chi connectivity index (χ3n) is 4.20. The highest BCUT2D eigenvalue weighted by Gasteiger charge is 2.12. The molecule has 0 unspecified atom stereocenters. The quantitative estimate of drug-likeness (QED) is 0.755. The first kappa shape index (κ1) is 20.0. The van der Waals surface area contributed by atoms with E-state index in [4.69, 9.17) is 11.6 Å². The average molecular weight is 373 g/mol. The first-order chi connectivity index (χ1) is 12.5. The van der Waals surface area contributed by atoms with E-state index in [1.54, 1.807) is 36.2 Å². The third kappa shape index (κ3) is 5.88. The van der Waals surface area contributed by atoms with Crippen molar-refractivity contribution in [2.24, 2.45) is 0 Å². The highest BCUT2D eigenvalue weighted by atomic mass is 35.5. The van der Waals surface area contributed by atoms with E-state index in [0.29, 0.717) is 22.7 Å². The Morgan fingerprint density at radius 2 is 1.62 bits per heavy atom. The van der Waals surface area contributed by atoms with E-state index in [1.807, 2.05) is 24.3 Å². The van der Waals surface area contributed by atoms with Gasteiger partial charge in [-0.2, -0.15) is 0 Å². The summed E-state index contributed by atoms with van der Waals surface area (Å²) in [6, 6.07) is 14.4. The molecule has 2 aromatic rings. The van der Waals surface area contributed by atoms with Gasteiger partial charge in [0.25, 0.3) is 11.8 Å². The van der Waals surface area contributed by atoms with Gasteiger partial charge in [0.1, 0.15) is 0 Å². The predicted molar refractivity (Wildman–Crippen MR) is 106 cm³/mol. The van der Waals surface area contributed by atoms with Crippen LogP contribution in [0.4, 0.5) is 0 Å². The van der Waals surface area contributed by atoms with Gasteiger partial charge in [-0.3, -0.25) is 9.59 Å². The van der Waals surface area contributed by atoms with Gasteiger partial charge in [-0.25, -0.2) is 0 Å². The Kier molecular flexibility index (Phi) is 7.67. The summed E-state index contributed by atoms with van der Waals surface area (Å²) in [5, 5.41) is 3.60. The summed E-state index contributed by atoms with van der Waals surface area (Å²) in [7, 11) is 1.80. The number of carbonyl (C=O) groups is 2. The molecular weight excluding hydrogens is 348 g/mol. The summed E-state index contributed by atoms with van der Waals surface area (Å²) >= 11 is 5.86. The van der Waals surface area contributed by atoms with Crippen molar-refractivity contribution < 1.29 is 9.59 Å². The lowest BCUT2D eigenvalue weighted by molar-refractivity contribution is 0.0792. The number of amides is 2. The Bertz CT molecular complexity index is 727. The Morgan fingerprint density at radius 1 is 1.00 bits per heavy atom. The minimum absolute atomic E-state index is 0.0202. The number of carbonyl (C=O) groups excluding carboxylic acids is 2. The standard InChI is InChI=1S/C21H25ClN2O2/c1-3-4-15-24(2)21(26)18-9-7-17(8-10-18)20(25)23-14-13-16-5-11-19(22)12-6-16/h5-12H,3-4,13-15H2,1-2H3,(H,23,25). The van der Waals surface area contributed by atoms with Crippen LogP contribution in [-0.4, -0.2) is 36.9 Å². The maximum Gasteiger partial charge on any atom is 0.253 e. The molecule has 5 heteroatoms. The summed E-state index contributed by atoms with van der Waals surface area (Å²) in [6.07, 6.45) is 2.77. The van der Waals surface area contributed by atoms with Crippen molar-refractivity contribution in [3.8, 4) is 0 Å². The van der Waals surface area contributed by atoms with Crippen LogP contribution in [0.2, 0.25) is 5.02 Å². The monoisotopic (exact) mass is 372 g/mol. The van der Waals surface area contributed by atoms with Gasteiger partial charge in [0.2, 0.25) is 0 Å². The second-order valence-corrected chi connectivity index (χ2v) is 6.73. The lowest BCUT2D eigenvalue weighted by atomic mass is 10.1. The number of hydrogen-bond donors (Lipinski definition) is 1. The van der Waals surface area contributed by atoms with E-state index in [1.165, 1.54) is 0 Å². The van der Waals surface area contributed by atoms with Crippen LogP contribution in [0, 0.1) is 0 Å². The van der Waals surface area contributed by atoms with Crippen LogP contribution >= 0.6 is 11.6 Å². The minimum Gasteiger partial charge on any atom is -0.352 e. The van der Waals surface area contributed by atoms with Crippen molar-refractivity contribution in [3.63, 3.8) is 0 Å². The highest BCUT2D eigenvalue weighted by molar-refractivity contribution is 6.30.